The lowest BCUT2D eigenvalue weighted by atomic mass is 10.0. The number of hydrogen-bond acceptors (Lipinski definition) is 5. The zero-order valence-corrected chi connectivity index (χ0v) is 15.2. The number of hydrogen-bond donors (Lipinski definition) is 2. The van der Waals surface area contributed by atoms with Crippen LogP contribution in [0.3, 0.4) is 0 Å². The van der Waals surface area contributed by atoms with Crippen molar-refractivity contribution in [1.82, 2.24) is 24.8 Å². The molecule has 140 valence electrons. The highest BCUT2D eigenvalue weighted by atomic mass is 16.3. The van der Waals surface area contributed by atoms with Crippen LogP contribution in [0, 0.1) is 0 Å². The van der Waals surface area contributed by atoms with E-state index in [4.69, 9.17) is 4.98 Å². The van der Waals surface area contributed by atoms with E-state index >= 15 is 0 Å². The number of imidazole rings is 1. The van der Waals surface area contributed by atoms with Crippen molar-refractivity contribution >= 4 is 16.9 Å². The van der Waals surface area contributed by atoms with Gasteiger partial charge in [0.1, 0.15) is 11.5 Å². The quantitative estimate of drug-likeness (QED) is 0.729. The number of likely N-dealkylation sites (tertiary alicyclic amines) is 1. The Morgan fingerprint density at radius 3 is 2.81 bits per heavy atom. The minimum atomic E-state index is -0.624. The largest absolute Gasteiger partial charge is 0.390 e. The molecule has 3 aromatic rings. The van der Waals surface area contributed by atoms with Gasteiger partial charge >= 0.3 is 0 Å². The van der Waals surface area contributed by atoms with Crippen LogP contribution in [0.1, 0.15) is 22.7 Å². The first-order chi connectivity index (χ1) is 13.1. The number of pyridine rings is 1. The van der Waals surface area contributed by atoms with Crippen molar-refractivity contribution in [2.24, 2.45) is 7.05 Å². The van der Waals surface area contributed by atoms with Crippen LogP contribution in [0.2, 0.25) is 0 Å². The molecule has 0 unspecified atom stereocenters. The summed E-state index contributed by atoms with van der Waals surface area (Å²) >= 11 is 0. The average molecular weight is 365 g/mol. The van der Waals surface area contributed by atoms with Gasteiger partial charge in [-0.15, -0.1) is 0 Å². The number of aryl methyl sites for hydroxylation is 1. The number of benzene rings is 1. The van der Waals surface area contributed by atoms with Gasteiger partial charge in [0.15, 0.2) is 0 Å². The lowest BCUT2D eigenvalue weighted by Gasteiger charge is -2.35. The Labute approximate surface area is 157 Å². The highest BCUT2D eigenvalue weighted by molar-refractivity contribution is 5.92. The molecule has 3 heterocycles. The molecule has 2 N–H and O–H groups in total. The Kier molecular flexibility index (Phi) is 4.87. The fourth-order valence-corrected chi connectivity index (χ4v) is 3.59. The van der Waals surface area contributed by atoms with E-state index in [1.54, 1.807) is 24.4 Å². The molecule has 1 amide bonds. The summed E-state index contributed by atoms with van der Waals surface area (Å²) in [6.07, 6.45) is 1.65. The number of aliphatic hydroxyl groups excluding tert-OH is 1. The van der Waals surface area contributed by atoms with Crippen LogP contribution in [0.15, 0.2) is 48.7 Å². The standard InChI is InChI=1S/C20H23N5O2/c1-24-17-8-3-2-6-14(17)22-19(24)13-25-11-9-15(18(26)12-25)23-20(27)16-7-4-5-10-21-16/h2-8,10,15,18,26H,9,11-13H2,1H3,(H,23,27)/t15-,18-/m0/s1. The molecule has 1 aliphatic heterocycles. The maximum atomic E-state index is 12.3. The van der Waals surface area contributed by atoms with Crippen LogP contribution >= 0.6 is 0 Å². The number of piperidine rings is 1. The zero-order chi connectivity index (χ0) is 18.8. The Bertz CT molecular complexity index is 940. The number of aliphatic hydroxyl groups is 1. The summed E-state index contributed by atoms with van der Waals surface area (Å²) < 4.78 is 2.09. The van der Waals surface area contributed by atoms with Crippen LogP contribution in [0.4, 0.5) is 0 Å². The van der Waals surface area contributed by atoms with Crippen molar-refractivity contribution in [2.75, 3.05) is 13.1 Å². The van der Waals surface area contributed by atoms with Gasteiger partial charge in [-0.1, -0.05) is 18.2 Å². The second-order valence-electron chi connectivity index (χ2n) is 6.96. The van der Waals surface area contributed by atoms with Crippen molar-refractivity contribution < 1.29 is 9.90 Å². The minimum absolute atomic E-state index is 0.247. The maximum absolute atomic E-state index is 12.3. The fraction of sp³-hybridized carbons (Fsp3) is 0.350. The number of rotatable bonds is 4. The van der Waals surface area contributed by atoms with E-state index < -0.39 is 6.10 Å². The Balaban J connectivity index is 1.38. The number of aromatic nitrogens is 3. The molecule has 2 aromatic heterocycles. The van der Waals surface area contributed by atoms with E-state index in [1.165, 1.54) is 0 Å². The van der Waals surface area contributed by atoms with Crippen molar-refractivity contribution in [2.45, 2.75) is 25.1 Å². The van der Waals surface area contributed by atoms with Gasteiger partial charge in [0, 0.05) is 26.3 Å². The molecule has 0 aliphatic carbocycles. The van der Waals surface area contributed by atoms with Gasteiger partial charge in [0.05, 0.1) is 29.7 Å². The first kappa shape index (κ1) is 17.6. The van der Waals surface area contributed by atoms with Crippen molar-refractivity contribution in [3.05, 3.63) is 60.2 Å². The first-order valence-electron chi connectivity index (χ1n) is 9.14. The fourth-order valence-electron chi connectivity index (χ4n) is 3.59. The molecule has 1 saturated heterocycles. The summed E-state index contributed by atoms with van der Waals surface area (Å²) in [5, 5.41) is 13.4. The zero-order valence-electron chi connectivity index (χ0n) is 15.2. The van der Waals surface area contributed by atoms with E-state index in [0.29, 0.717) is 25.2 Å². The second kappa shape index (κ2) is 7.46. The van der Waals surface area contributed by atoms with Gasteiger partial charge in [-0.3, -0.25) is 14.7 Å². The molecular formula is C20H23N5O2. The van der Waals surface area contributed by atoms with Crippen LogP contribution in [0.5, 0.6) is 0 Å². The van der Waals surface area contributed by atoms with Gasteiger partial charge in [-0.25, -0.2) is 4.98 Å². The van der Waals surface area contributed by atoms with Crippen molar-refractivity contribution in [1.29, 1.82) is 0 Å². The molecule has 1 fully saturated rings. The number of nitrogens with zero attached hydrogens (tertiary/aromatic N) is 4. The smallest absolute Gasteiger partial charge is 0.270 e. The predicted molar refractivity (Wildman–Crippen MR) is 102 cm³/mol. The molecule has 2 atom stereocenters. The lowest BCUT2D eigenvalue weighted by molar-refractivity contribution is 0.0337. The second-order valence-corrected chi connectivity index (χ2v) is 6.96. The summed E-state index contributed by atoms with van der Waals surface area (Å²) in [7, 11) is 2.01. The van der Waals surface area contributed by atoms with Gasteiger partial charge in [-0.2, -0.15) is 0 Å². The summed E-state index contributed by atoms with van der Waals surface area (Å²) in [4.78, 5) is 23.2. The highest BCUT2D eigenvalue weighted by Gasteiger charge is 2.30. The third-order valence-electron chi connectivity index (χ3n) is 5.12. The number of amides is 1. The van der Waals surface area contributed by atoms with Crippen molar-refractivity contribution in [3.8, 4) is 0 Å². The number of carbonyl (C=O) groups excluding carboxylic acids is 1. The molecular weight excluding hydrogens is 342 g/mol. The third-order valence-corrected chi connectivity index (χ3v) is 5.12. The third kappa shape index (κ3) is 3.70. The van der Waals surface area contributed by atoms with E-state index in [1.807, 2.05) is 25.2 Å². The van der Waals surface area contributed by atoms with Gasteiger partial charge in [0.25, 0.3) is 5.91 Å². The Hall–Kier alpha value is -2.77. The first-order valence-corrected chi connectivity index (χ1v) is 9.14. The van der Waals surface area contributed by atoms with Gasteiger partial charge < -0.3 is 15.0 Å². The summed E-state index contributed by atoms with van der Waals surface area (Å²) in [5.74, 6) is 0.725. The van der Waals surface area contributed by atoms with Crippen LogP contribution < -0.4 is 5.32 Å². The summed E-state index contributed by atoms with van der Waals surface area (Å²) in [6.45, 7) is 1.95. The van der Waals surface area contributed by atoms with Crippen LogP contribution in [-0.2, 0) is 13.6 Å². The topological polar surface area (TPSA) is 83.3 Å². The number of carbonyl (C=O) groups is 1. The van der Waals surface area contributed by atoms with Gasteiger partial charge in [0.2, 0.25) is 0 Å². The van der Waals surface area contributed by atoms with Crippen molar-refractivity contribution in [3.63, 3.8) is 0 Å². The van der Waals surface area contributed by atoms with Gasteiger partial charge in [-0.05, 0) is 30.7 Å². The molecule has 4 rings (SSSR count). The minimum Gasteiger partial charge on any atom is -0.390 e. The van der Waals surface area contributed by atoms with E-state index in [0.717, 1.165) is 23.4 Å². The van der Waals surface area contributed by atoms with Crippen LogP contribution in [0.25, 0.3) is 11.0 Å². The Morgan fingerprint density at radius 2 is 2.07 bits per heavy atom. The number of nitrogens with one attached hydrogen (secondary N) is 1. The molecule has 27 heavy (non-hydrogen) atoms. The maximum Gasteiger partial charge on any atom is 0.270 e. The molecule has 0 spiro atoms. The highest BCUT2D eigenvalue weighted by Crippen LogP contribution is 2.18. The molecule has 0 saturated carbocycles. The number of β-amino-alcohol motifs (C(OH)–C–C–N with tert-alkyl or cyclic N) is 1. The molecule has 1 aliphatic rings. The summed E-state index contributed by atoms with van der Waals surface area (Å²) in [6, 6.07) is 13.0. The molecule has 0 bridgehead atoms. The van der Waals surface area contributed by atoms with E-state index in [-0.39, 0.29) is 11.9 Å². The van der Waals surface area contributed by atoms with E-state index in [2.05, 4.69) is 25.8 Å². The molecule has 0 radical (unpaired) electrons. The monoisotopic (exact) mass is 365 g/mol. The number of fused-ring (bicyclic) bond motifs is 1. The molecule has 1 aromatic carbocycles. The van der Waals surface area contributed by atoms with E-state index in [9.17, 15) is 9.90 Å². The SMILES string of the molecule is Cn1c(CN2CC[C@H](NC(=O)c3ccccn3)[C@@H](O)C2)nc2ccccc21. The predicted octanol–water partition coefficient (Wildman–Crippen LogP) is 1.33. The molecule has 7 heteroatoms. The summed E-state index contributed by atoms with van der Waals surface area (Å²) in [5.41, 5.74) is 2.45. The number of para-hydroxylation sites is 2. The van der Waals surface area contributed by atoms with Crippen LogP contribution in [-0.4, -0.2) is 55.7 Å². The normalized spacial score (nSPS) is 20.7. The Morgan fingerprint density at radius 1 is 1.26 bits per heavy atom. The lowest BCUT2D eigenvalue weighted by Crippen LogP contribution is -2.54. The average Bonchev–Trinajstić information content (AvgIpc) is 3.00. The molecule has 7 nitrogen and oxygen atoms in total.